The number of benzene rings is 3. The van der Waals surface area contributed by atoms with Crippen LogP contribution in [0, 0.1) is 0 Å². The number of rotatable bonds is 1. The molecule has 1 aliphatic rings. The smallest absolute Gasteiger partial charge is 0.112 e. The van der Waals surface area contributed by atoms with Crippen LogP contribution in [0.5, 0.6) is 0 Å². The van der Waals surface area contributed by atoms with E-state index in [4.69, 9.17) is 0 Å². The number of nitrogens with zero attached hydrogens (tertiary/aromatic N) is 2. The Bertz CT molecular complexity index is 1090. The average Bonchev–Trinajstić information content (AvgIpc) is 3.17. The predicted octanol–water partition coefficient (Wildman–Crippen LogP) is 5.66. The molecule has 0 saturated heterocycles. The molecule has 5 rings (SSSR count). The van der Waals surface area contributed by atoms with Gasteiger partial charge >= 0.3 is 0 Å². The fourth-order valence-electron chi connectivity index (χ4n) is 3.91. The molecule has 0 spiro atoms. The van der Waals surface area contributed by atoms with Crippen LogP contribution < -0.4 is 0 Å². The van der Waals surface area contributed by atoms with Gasteiger partial charge < -0.3 is 0 Å². The molecule has 0 fully saturated rings. The van der Waals surface area contributed by atoms with Crippen LogP contribution in [0.2, 0.25) is 0 Å². The Labute approximate surface area is 145 Å². The van der Waals surface area contributed by atoms with Crippen molar-refractivity contribution in [2.24, 2.45) is 0 Å². The first kappa shape index (κ1) is 13.9. The molecule has 1 aliphatic carbocycles. The van der Waals surface area contributed by atoms with Crippen molar-refractivity contribution in [2.45, 2.75) is 19.3 Å². The quantitative estimate of drug-likeness (QED) is 0.450. The third-order valence-corrected chi connectivity index (χ3v) is 5.72. The molecule has 0 bridgehead atoms. The lowest BCUT2D eigenvalue weighted by Crippen LogP contribution is -2.14. The summed E-state index contributed by atoms with van der Waals surface area (Å²) in [6, 6.07) is 21.8. The van der Waals surface area contributed by atoms with Gasteiger partial charge in [-0.1, -0.05) is 62.4 Å². The maximum absolute atomic E-state index is 4.49. The van der Waals surface area contributed by atoms with Crippen molar-refractivity contribution in [3.8, 4) is 22.3 Å². The van der Waals surface area contributed by atoms with E-state index < -0.39 is 0 Å². The third kappa shape index (κ3) is 1.76. The van der Waals surface area contributed by atoms with Crippen molar-refractivity contribution in [2.75, 3.05) is 0 Å². The molecule has 0 radical (unpaired) electrons. The lowest BCUT2D eigenvalue weighted by atomic mass is 9.81. The molecular formula is C21H16N2S. The highest BCUT2D eigenvalue weighted by Crippen LogP contribution is 2.49. The van der Waals surface area contributed by atoms with Crippen molar-refractivity contribution < 1.29 is 0 Å². The van der Waals surface area contributed by atoms with Crippen molar-refractivity contribution in [3.05, 3.63) is 71.8 Å². The van der Waals surface area contributed by atoms with Crippen LogP contribution in [0.4, 0.5) is 0 Å². The summed E-state index contributed by atoms with van der Waals surface area (Å²) in [6.45, 7) is 4.62. The SMILES string of the molecule is CC1(C)c2ccccc2-c2ccc(-c3cccc4nsnc34)cc21. The zero-order chi connectivity index (χ0) is 16.3. The number of hydrogen-bond acceptors (Lipinski definition) is 3. The lowest BCUT2D eigenvalue weighted by molar-refractivity contribution is 0.660. The largest absolute Gasteiger partial charge is 0.173 e. The normalized spacial score (nSPS) is 14.6. The fourth-order valence-corrected chi connectivity index (χ4v) is 4.46. The van der Waals surface area contributed by atoms with Gasteiger partial charge in [0.1, 0.15) is 11.0 Å². The van der Waals surface area contributed by atoms with Crippen LogP contribution >= 0.6 is 11.7 Å². The molecule has 116 valence electrons. The van der Waals surface area contributed by atoms with Crippen LogP contribution in [0.1, 0.15) is 25.0 Å². The highest BCUT2D eigenvalue weighted by molar-refractivity contribution is 7.00. The first-order chi connectivity index (χ1) is 11.7. The van der Waals surface area contributed by atoms with Crippen LogP contribution in [-0.2, 0) is 5.41 Å². The first-order valence-electron chi connectivity index (χ1n) is 8.12. The molecular weight excluding hydrogens is 312 g/mol. The Morgan fingerprint density at radius 3 is 2.46 bits per heavy atom. The second kappa shape index (κ2) is 4.74. The zero-order valence-electron chi connectivity index (χ0n) is 13.6. The summed E-state index contributed by atoms with van der Waals surface area (Å²) in [4.78, 5) is 0. The lowest BCUT2D eigenvalue weighted by Gasteiger charge is -2.22. The van der Waals surface area contributed by atoms with E-state index in [0.29, 0.717) is 0 Å². The number of fused-ring (bicyclic) bond motifs is 4. The van der Waals surface area contributed by atoms with Gasteiger partial charge in [-0.05, 0) is 39.9 Å². The predicted molar refractivity (Wildman–Crippen MR) is 100 cm³/mol. The van der Waals surface area contributed by atoms with Crippen LogP contribution in [0.15, 0.2) is 60.7 Å². The summed E-state index contributed by atoms with van der Waals surface area (Å²) in [5.74, 6) is 0. The van der Waals surface area contributed by atoms with Gasteiger partial charge in [0.2, 0.25) is 0 Å². The summed E-state index contributed by atoms with van der Waals surface area (Å²) < 4.78 is 8.86. The van der Waals surface area contributed by atoms with Gasteiger partial charge in [0.25, 0.3) is 0 Å². The minimum absolute atomic E-state index is 0.0240. The van der Waals surface area contributed by atoms with E-state index in [1.165, 1.54) is 39.5 Å². The Balaban J connectivity index is 1.76. The van der Waals surface area contributed by atoms with Crippen molar-refractivity contribution in [1.82, 2.24) is 8.75 Å². The molecule has 2 nitrogen and oxygen atoms in total. The summed E-state index contributed by atoms with van der Waals surface area (Å²) in [7, 11) is 0. The summed E-state index contributed by atoms with van der Waals surface area (Å²) in [5.41, 5.74) is 9.88. The van der Waals surface area contributed by atoms with Crippen molar-refractivity contribution >= 4 is 22.8 Å². The van der Waals surface area contributed by atoms with Crippen molar-refractivity contribution in [1.29, 1.82) is 0 Å². The minimum atomic E-state index is 0.0240. The Hall–Kier alpha value is -2.52. The topological polar surface area (TPSA) is 25.8 Å². The highest BCUT2D eigenvalue weighted by Gasteiger charge is 2.35. The Morgan fingerprint density at radius 1 is 0.750 bits per heavy atom. The molecule has 0 unspecified atom stereocenters. The van der Waals surface area contributed by atoms with E-state index in [1.54, 1.807) is 0 Å². The maximum atomic E-state index is 4.49. The molecule has 4 aromatic rings. The Kier molecular flexibility index (Phi) is 2.74. The van der Waals surface area contributed by atoms with E-state index in [9.17, 15) is 0 Å². The van der Waals surface area contributed by atoms with Gasteiger partial charge in [-0.15, -0.1) is 0 Å². The van der Waals surface area contributed by atoms with Crippen LogP contribution in [0.3, 0.4) is 0 Å². The second-order valence-corrected chi connectivity index (χ2v) is 7.40. The average molecular weight is 328 g/mol. The standard InChI is InChI=1S/C21H16N2S/c1-21(2)17-8-4-3-6-15(17)16-11-10-13(12-18(16)21)14-7-5-9-19-20(14)23-24-22-19/h3-12H,1-2H3. The summed E-state index contributed by atoms with van der Waals surface area (Å²) in [5, 5.41) is 0. The van der Waals surface area contributed by atoms with Gasteiger partial charge in [-0.25, -0.2) is 0 Å². The maximum Gasteiger partial charge on any atom is 0.112 e. The fraction of sp³-hybridized carbons (Fsp3) is 0.143. The van der Waals surface area contributed by atoms with E-state index in [2.05, 4.69) is 77.2 Å². The second-order valence-electron chi connectivity index (χ2n) is 6.87. The van der Waals surface area contributed by atoms with Gasteiger partial charge in [-0.3, -0.25) is 0 Å². The molecule has 0 N–H and O–H groups in total. The van der Waals surface area contributed by atoms with Crippen molar-refractivity contribution in [3.63, 3.8) is 0 Å². The molecule has 3 aromatic carbocycles. The molecule has 0 atom stereocenters. The van der Waals surface area contributed by atoms with Gasteiger partial charge in [0.05, 0.1) is 11.7 Å². The van der Waals surface area contributed by atoms with Gasteiger partial charge in [-0.2, -0.15) is 8.75 Å². The number of aromatic nitrogens is 2. The highest BCUT2D eigenvalue weighted by atomic mass is 32.1. The zero-order valence-corrected chi connectivity index (χ0v) is 14.4. The molecule has 24 heavy (non-hydrogen) atoms. The summed E-state index contributed by atoms with van der Waals surface area (Å²) in [6.07, 6.45) is 0. The molecule has 1 aromatic heterocycles. The van der Waals surface area contributed by atoms with E-state index in [0.717, 1.165) is 16.6 Å². The van der Waals surface area contributed by atoms with Crippen LogP contribution in [-0.4, -0.2) is 8.75 Å². The minimum Gasteiger partial charge on any atom is -0.173 e. The Morgan fingerprint density at radius 2 is 1.54 bits per heavy atom. The molecule has 0 aliphatic heterocycles. The molecule has 3 heteroatoms. The first-order valence-corrected chi connectivity index (χ1v) is 8.85. The molecule has 1 heterocycles. The van der Waals surface area contributed by atoms with E-state index in [1.807, 2.05) is 6.07 Å². The number of hydrogen-bond donors (Lipinski definition) is 0. The molecule has 0 amide bonds. The van der Waals surface area contributed by atoms with Gasteiger partial charge in [0.15, 0.2) is 0 Å². The third-order valence-electron chi connectivity index (χ3n) is 5.18. The van der Waals surface area contributed by atoms with Gasteiger partial charge in [0, 0.05) is 11.0 Å². The summed E-state index contributed by atoms with van der Waals surface area (Å²) >= 11 is 1.28. The molecule has 0 saturated carbocycles. The monoisotopic (exact) mass is 328 g/mol. The van der Waals surface area contributed by atoms with Crippen LogP contribution in [0.25, 0.3) is 33.3 Å². The van der Waals surface area contributed by atoms with E-state index in [-0.39, 0.29) is 5.41 Å². The van der Waals surface area contributed by atoms with E-state index >= 15 is 0 Å².